The molecular formula is C23H22ClFN2O3S. The van der Waals surface area contributed by atoms with Crippen LogP contribution in [0.1, 0.15) is 35.3 Å². The molecule has 0 fully saturated rings. The van der Waals surface area contributed by atoms with Crippen LogP contribution >= 0.6 is 11.6 Å². The predicted molar refractivity (Wildman–Crippen MR) is 122 cm³/mol. The fraction of sp³-hybridized carbons (Fsp3) is 0.174. The third-order valence-electron chi connectivity index (χ3n) is 4.85. The van der Waals surface area contributed by atoms with Gasteiger partial charge in [0, 0.05) is 0 Å². The smallest absolute Gasteiger partial charge is 0.262 e. The van der Waals surface area contributed by atoms with Gasteiger partial charge in [0.2, 0.25) is 0 Å². The van der Waals surface area contributed by atoms with Crippen LogP contribution in [0.2, 0.25) is 5.02 Å². The Balaban J connectivity index is 1.87. The Morgan fingerprint density at radius 1 is 0.968 bits per heavy atom. The van der Waals surface area contributed by atoms with Crippen molar-refractivity contribution in [2.24, 2.45) is 0 Å². The largest absolute Gasteiger partial charge is 0.319 e. The Hall–Kier alpha value is -2.90. The SMILES string of the molecule is CCc1cccc(CC)c1NS(=O)(=O)c1ccc(NC(=O)c2ccccc2Cl)c(F)c1. The average molecular weight is 461 g/mol. The van der Waals surface area contributed by atoms with E-state index in [9.17, 15) is 17.6 Å². The first kappa shape index (κ1) is 22.8. The lowest BCUT2D eigenvalue weighted by Crippen LogP contribution is -2.17. The molecule has 162 valence electrons. The maximum atomic E-state index is 14.6. The van der Waals surface area contributed by atoms with E-state index in [1.807, 2.05) is 32.0 Å². The summed E-state index contributed by atoms with van der Waals surface area (Å²) in [4.78, 5) is 12.1. The van der Waals surface area contributed by atoms with E-state index < -0.39 is 21.7 Å². The van der Waals surface area contributed by atoms with Crippen molar-refractivity contribution < 1.29 is 17.6 Å². The van der Waals surface area contributed by atoms with E-state index >= 15 is 0 Å². The highest BCUT2D eigenvalue weighted by atomic mass is 35.5. The van der Waals surface area contributed by atoms with Crippen LogP contribution in [0.5, 0.6) is 0 Å². The van der Waals surface area contributed by atoms with Crippen molar-refractivity contribution in [3.8, 4) is 0 Å². The average Bonchev–Trinajstić information content (AvgIpc) is 2.75. The number of nitrogens with one attached hydrogen (secondary N) is 2. The lowest BCUT2D eigenvalue weighted by molar-refractivity contribution is 0.102. The summed E-state index contributed by atoms with van der Waals surface area (Å²) in [5.41, 5.74) is 2.26. The fourth-order valence-corrected chi connectivity index (χ4v) is 4.54. The van der Waals surface area contributed by atoms with Crippen LogP contribution in [0.25, 0.3) is 0 Å². The Morgan fingerprint density at radius 3 is 2.19 bits per heavy atom. The summed E-state index contributed by atoms with van der Waals surface area (Å²) in [6, 6.07) is 15.3. The summed E-state index contributed by atoms with van der Waals surface area (Å²) in [5.74, 6) is -1.47. The number of hydrogen-bond donors (Lipinski definition) is 2. The molecule has 0 aromatic heterocycles. The van der Waals surface area contributed by atoms with Crippen LogP contribution in [-0.2, 0) is 22.9 Å². The second-order valence-corrected chi connectivity index (χ2v) is 8.93. The number of amides is 1. The van der Waals surface area contributed by atoms with Crippen molar-refractivity contribution in [3.63, 3.8) is 0 Å². The van der Waals surface area contributed by atoms with E-state index in [2.05, 4.69) is 10.0 Å². The first-order valence-electron chi connectivity index (χ1n) is 9.75. The van der Waals surface area contributed by atoms with Gasteiger partial charge in [0.05, 0.1) is 26.9 Å². The normalized spacial score (nSPS) is 11.2. The lowest BCUT2D eigenvalue weighted by Gasteiger charge is -2.16. The predicted octanol–water partition coefficient (Wildman–Crippen LogP) is 5.66. The number of anilines is 2. The summed E-state index contributed by atoms with van der Waals surface area (Å²) in [5, 5.41) is 2.65. The number of hydrogen-bond acceptors (Lipinski definition) is 3. The highest BCUT2D eigenvalue weighted by molar-refractivity contribution is 7.92. The summed E-state index contributed by atoms with van der Waals surface area (Å²) < 4.78 is 43.1. The van der Waals surface area contributed by atoms with Crippen LogP contribution in [-0.4, -0.2) is 14.3 Å². The summed E-state index contributed by atoms with van der Waals surface area (Å²) in [6.07, 6.45) is 1.29. The first-order valence-corrected chi connectivity index (χ1v) is 11.6. The molecule has 0 spiro atoms. The van der Waals surface area contributed by atoms with Gasteiger partial charge in [-0.3, -0.25) is 9.52 Å². The zero-order chi connectivity index (χ0) is 22.6. The first-order chi connectivity index (χ1) is 14.8. The minimum atomic E-state index is -4.03. The van der Waals surface area contributed by atoms with E-state index in [1.165, 1.54) is 18.2 Å². The molecule has 0 saturated heterocycles. The van der Waals surface area contributed by atoms with Crippen molar-refractivity contribution in [3.05, 3.63) is 88.2 Å². The molecule has 8 heteroatoms. The van der Waals surface area contributed by atoms with E-state index in [0.29, 0.717) is 18.5 Å². The molecule has 0 heterocycles. The van der Waals surface area contributed by atoms with Gasteiger partial charge in [-0.25, -0.2) is 12.8 Å². The fourth-order valence-electron chi connectivity index (χ4n) is 3.17. The van der Waals surface area contributed by atoms with E-state index in [1.54, 1.807) is 18.2 Å². The molecule has 0 radical (unpaired) electrons. The molecule has 0 aliphatic rings. The number of carbonyl (C=O) groups is 1. The van der Waals surface area contributed by atoms with Crippen LogP contribution < -0.4 is 10.0 Å². The van der Waals surface area contributed by atoms with Gasteiger partial charge >= 0.3 is 0 Å². The van der Waals surface area contributed by atoms with Crippen LogP contribution in [0.3, 0.4) is 0 Å². The Bertz CT molecular complexity index is 1210. The van der Waals surface area contributed by atoms with Gasteiger partial charge in [0.1, 0.15) is 5.82 Å². The minimum absolute atomic E-state index is 0.146. The maximum absolute atomic E-state index is 14.6. The van der Waals surface area contributed by atoms with Crippen molar-refractivity contribution in [2.75, 3.05) is 10.0 Å². The molecule has 0 aliphatic heterocycles. The number of carbonyl (C=O) groups excluding carboxylic acids is 1. The quantitative estimate of drug-likeness (QED) is 0.478. The molecule has 3 aromatic carbocycles. The summed E-state index contributed by atoms with van der Waals surface area (Å²) in [6.45, 7) is 3.87. The Morgan fingerprint density at radius 2 is 1.61 bits per heavy atom. The zero-order valence-corrected chi connectivity index (χ0v) is 18.6. The molecule has 3 rings (SSSR count). The molecule has 2 N–H and O–H groups in total. The van der Waals surface area contributed by atoms with E-state index in [0.717, 1.165) is 17.2 Å². The number of rotatable bonds is 7. The monoisotopic (exact) mass is 460 g/mol. The molecule has 3 aromatic rings. The molecule has 0 bridgehead atoms. The van der Waals surface area contributed by atoms with Crippen LogP contribution in [0.15, 0.2) is 65.6 Å². The molecule has 31 heavy (non-hydrogen) atoms. The second kappa shape index (κ2) is 9.49. The standard InChI is InChI=1S/C23H22ClFN2O3S/c1-3-15-8-7-9-16(4-2)22(15)27-31(29,30)17-12-13-21(20(25)14-17)26-23(28)18-10-5-6-11-19(18)24/h5-14,27H,3-4H2,1-2H3,(H,26,28). The highest BCUT2D eigenvalue weighted by Gasteiger charge is 2.20. The molecule has 0 unspecified atom stereocenters. The van der Waals surface area contributed by atoms with Gasteiger partial charge in [0.15, 0.2) is 0 Å². The zero-order valence-electron chi connectivity index (χ0n) is 17.1. The van der Waals surface area contributed by atoms with Crippen LogP contribution in [0, 0.1) is 5.82 Å². The van der Waals surface area contributed by atoms with Crippen LogP contribution in [0.4, 0.5) is 15.8 Å². The maximum Gasteiger partial charge on any atom is 0.262 e. The molecule has 0 aliphatic carbocycles. The third kappa shape index (κ3) is 5.06. The van der Waals surface area contributed by atoms with Crippen molar-refractivity contribution >= 4 is 38.9 Å². The Labute approximate surface area is 186 Å². The van der Waals surface area contributed by atoms with Gasteiger partial charge in [-0.2, -0.15) is 0 Å². The number of aryl methyl sites for hydroxylation is 2. The molecule has 1 amide bonds. The lowest BCUT2D eigenvalue weighted by atomic mass is 10.0. The van der Waals surface area contributed by atoms with Crippen molar-refractivity contribution in [1.82, 2.24) is 0 Å². The third-order valence-corrected chi connectivity index (χ3v) is 6.53. The van der Waals surface area contributed by atoms with E-state index in [-0.39, 0.29) is 21.2 Å². The summed E-state index contributed by atoms with van der Waals surface area (Å²) in [7, 11) is -4.03. The molecule has 0 saturated carbocycles. The van der Waals surface area contributed by atoms with Gasteiger partial charge in [-0.15, -0.1) is 0 Å². The number of para-hydroxylation sites is 1. The van der Waals surface area contributed by atoms with E-state index in [4.69, 9.17) is 11.6 Å². The topological polar surface area (TPSA) is 75.3 Å². The van der Waals surface area contributed by atoms with Gasteiger partial charge in [-0.1, -0.05) is 55.8 Å². The molecular weight excluding hydrogens is 439 g/mol. The van der Waals surface area contributed by atoms with Gasteiger partial charge in [0.25, 0.3) is 15.9 Å². The van der Waals surface area contributed by atoms with Crippen molar-refractivity contribution in [2.45, 2.75) is 31.6 Å². The molecule has 0 atom stereocenters. The van der Waals surface area contributed by atoms with Crippen molar-refractivity contribution in [1.29, 1.82) is 0 Å². The van der Waals surface area contributed by atoms with Gasteiger partial charge in [-0.05, 0) is 54.3 Å². The highest BCUT2D eigenvalue weighted by Crippen LogP contribution is 2.27. The number of sulfonamides is 1. The minimum Gasteiger partial charge on any atom is -0.319 e. The number of benzene rings is 3. The summed E-state index contributed by atoms with van der Waals surface area (Å²) >= 11 is 5.99. The second-order valence-electron chi connectivity index (χ2n) is 6.84. The number of halogens is 2. The Kier molecular flexibility index (Phi) is 6.97. The molecule has 5 nitrogen and oxygen atoms in total. The van der Waals surface area contributed by atoms with Gasteiger partial charge < -0.3 is 5.32 Å².